The fourth-order valence-electron chi connectivity index (χ4n) is 4.39. The SMILES string of the molecule is Cc1nn(CC(=O)N2CCN(Cc3ccc(Cl)cc3)CC2)c2nccc(C3CC3)c12. The molecule has 1 aromatic carbocycles. The van der Waals surface area contributed by atoms with Crippen LogP contribution in [-0.2, 0) is 17.9 Å². The molecule has 6 nitrogen and oxygen atoms in total. The van der Waals surface area contributed by atoms with Crippen LogP contribution in [0, 0.1) is 6.92 Å². The number of pyridine rings is 1. The maximum atomic E-state index is 13.0. The second-order valence-electron chi connectivity index (χ2n) is 8.40. The number of carbonyl (C=O) groups excluding carboxylic acids is 1. The highest BCUT2D eigenvalue weighted by Gasteiger charge is 2.28. The molecule has 5 rings (SSSR count). The summed E-state index contributed by atoms with van der Waals surface area (Å²) < 4.78 is 1.79. The van der Waals surface area contributed by atoms with Crippen molar-refractivity contribution in [3.05, 3.63) is 58.4 Å². The third-order valence-corrected chi connectivity index (χ3v) is 6.44. The number of nitrogens with zero attached hydrogens (tertiary/aromatic N) is 5. The molecule has 2 aliphatic rings. The minimum absolute atomic E-state index is 0.115. The number of halogens is 1. The summed E-state index contributed by atoms with van der Waals surface area (Å²) in [6.07, 6.45) is 4.33. The maximum absolute atomic E-state index is 13.0. The molecular weight excluding hydrogens is 398 g/mol. The molecule has 1 aliphatic heterocycles. The minimum atomic E-state index is 0.115. The van der Waals surface area contributed by atoms with E-state index in [4.69, 9.17) is 11.6 Å². The lowest BCUT2D eigenvalue weighted by Gasteiger charge is -2.34. The van der Waals surface area contributed by atoms with E-state index in [0.29, 0.717) is 5.92 Å². The van der Waals surface area contributed by atoms with Crippen LogP contribution < -0.4 is 0 Å². The molecular formula is C23H26ClN5O. The van der Waals surface area contributed by atoms with Crippen LogP contribution in [0.5, 0.6) is 0 Å². The number of rotatable bonds is 5. The van der Waals surface area contributed by atoms with Gasteiger partial charge in [0.2, 0.25) is 5.91 Å². The van der Waals surface area contributed by atoms with Crippen molar-refractivity contribution in [2.24, 2.45) is 0 Å². The van der Waals surface area contributed by atoms with E-state index in [1.165, 1.54) is 24.0 Å². The number of piperazine rings is 1. The number of aryl methyl sites for hydroxylation is 1. The Morgan fingerprint density at radius 1 is 1.10 bits per heavy atom. The molecule has 0 radical (unpaired) electrons. The Bertz CT molecular complexity index is 1070. The van der Waals surface area contributed by atoms with E-state index < -0.39 is 0 Å². The van der Waals surface area contributed by atoms with Gasteiger partial charge >= 0.3 is 0 Å². The molecule has 7 heteroatoms. The zero-order valence-electron chi connectivity index (χ0n) is 17.2. The molecule has 0 bridgehead atoms. The number of hydrogen-bond acceptors (Lipinski definition) is 4. The standard InChI is InChI=1S/C23H26ClN5O/c1-16-22-20(18-4-5-18)8-9-25-23(22)29(26-16)15-21(30)28-12-10-27(11-13-28)14-17-2-6-19(24)7-3-17/h2-3,6-9,18H,4-5,10-15H2,1H3. The van der Waals surface area contributed by atoms with Crippen molar-refractivity contribution in [1.29, 1.82) is 0 Å². The van der Waals surface area contributed by atoms with Crippen molar-refractivity contribution < 1.29 is 4.79 Å². The van der Waals surface area contributed by atoms with Crippen molar-refractivity contribution in [2.45, 2.75) is 38.8 Å². The Hall–Kier alpha value is -2.44. The molecule has 156 valence electrons. The van der Waals surface area contributed by atoms with E-state index in [1.807, 2.05) is 30.2 Å². The molecule has 3 heterocycles. The highest BCUT2D eigenvalue weighted by atomic mass is 35.5. The molecule has 30 heavy (non-hydrogen) atoms. The van der Waals surface area contributed by atoms with E-state index in [-0.39, 0.29) is 12.5 Å². The molecule has 0 spiro atoms. The van der Waals surface area contributed by atoms with Gasteiger partial charge in [-0.3, -0.25) is 9.69 Å². The molecule has 0 atom stereocenters. The van der Waals surface area contributed by atoms with Crippen molar-refractivity contribution in [3.8, 4) is 0 Å². The van der Waals surface area contributed by atoms with Crippen molar-refractivity contribution in [2.75, 3.05) is 26.2 Å². The Kier molecular flexibility index (Phi) is 5.21. The third-order valence-electron chi connectivity index (χ3n) is 6.19. The Labute approximate surface area is 181 Å². The summed E-state index contributed by atoms with van der Waals surface area (Å²) in [6.45, 7) is 6.39. The summed E-state index contributed by atoms with van der Waals surface area (Å²) in [6, 6.07) is 10.1. The number of hydrogen-bond donors (Lipinski definition) is 0. The highest BCUT2D eigenvalue weighted by molar-refractivity contribution is 6.30. The lowest BCUT2D eigenvalue weighted by molar-refractivity contribution is -0.133. The molecule has 1 amide bonds. The zero-order valence-corrected chi connectivity index (χ0v) is 18.0. The lowest BCUT2D eigenvalue weighted by atomic mass is 10.1. The smallest absolute Gasteiger partial charge is 0.244 e. The van der Waals surface area contributed by atoms with E-state index in [1.54, 1.807) is 4.68 Å². The van der Waals surface area contributed by atoms with Crippen molar-refractivity contribution in [1.82, 2.24) is 24.6 Å². The maximum Gasteiger partial charge on any atom is 0.244 e. The van der Waals surface area contributed by atoms with Crippen LogP contribution in [0.1, 0.15) is 35.6 Å². The minimum Gasteiger partial charge on any atom is -0.339 e. The summed E-state index contributed by atoms with van der Waals surface area (Å²) >= 11 is 5.97. The first-order valence-electron chi connectivity index (χ1n) is 10.6. The monoisotopic (exact) mass is 423 g/mol. The Balaban J connectivity index is 1.22. The molecule has 2 fully saturated rings. The molecule has 1 saturated carbocycles. The first-order chi connectivity index (χ1) is 14.6. The normalized spacial score (nSPS) is 17.6. The van der Waals surface area contributed by atoms with Gasteiger partial charge in [-0.25, -0.2) is 9.67 Å². The van der Waals surface area contributed by atoms with E-state index in [2.05, 4.69) is 33.2 Å². The van der Waals surface area contributed by atoms with Crippen molar-refractivity contribution in [3.63, 3.8) is 0 Å². The molecule has 0 N–H and O–H groups in total. The Morgan fingerprint density at radius 2 is 1.83 bits per heavy atom. The van der Waals surface area contributed by atoms with Gasteiger partial charge in [0.05, 0.1) is 5.69 Å². The Morgan fingerprint density at radius 3 is 2.53 bits per heavy atom. The van der Waals surface area contributed by atoms with Gasteiger partial charge < -0.3 is 4.90 Å². The lowest BCUT2D eigenvalue weighted by Crippen LogP contribution is -2.49. The second kappa shape index (κ2) is 8.00. The summed E-state index contributed by atoms with van der Waals surface area (Å²) in [7, 11) is 0. The first kappa shape index (κ1) is 19.5. The fraction of sp³-hybridized carbons (Fsp3) is 0.435. The number of aromatic nitrogens is 3. The van der Waals surface area contributed by atoms with Gasteiger partial charge in [-0.2, -0.15) is 5.10 Å². The molecule has 0 unspecified atom stereocenters. The van der Waals surface area contributed by atoms with E-state index in [0.717, 1.165) is 54.5 Å². The zero-order chi connectivity index (χ0) is 20.7. The average Bonchev–Trinajstić information content (AvgIpc) is 3.55. The first-order valence-corrected chi connectivity index (χ1v) is 11.0. The summed E-state index contributed by atoms with van der Waals surface area (Å²) in [5, 5.41) is 6.56. The van der Waals surface area contributed by atoms with E-state index in [9.17, 15) is 4.79 Å². The quantitative estimate of drug-likeness (QED) is 0.629. The molecule has 2 aromatic heterocycles. The van der Waals surface area contributed by atoms with Crippen LogP contribution in [0.4, 0.5) is 0 Å². The topological polar surface area (TPSA) is 54.3 Å². The second-order valence-corrected chi connectivity index (χ2v) is 8.84. The van der Waals surface area contributed by atoms with Crippen molar-refractivity contribution >= 4 is 28.5 Å². The largest absolute Gasteiger partial charge is 0.339 e. The summed E-state index contributed by atoms with van der Waals surface area (Å²) in [4.78, 5) is 21.8. The van der Waals surface area contributed by atoms with Gasteiger partial charge in [-0.15, -0.1) is 0 Å². The van der Waals surface area contributed by atoms with Crippen LogP contribution in [0.3, 0.4) is 0 Å². The van der Waals surface area contributed by atoms with Crippen LogP contribution in [0.25, 0.3) is 11.0 Å². The molecule has 1 saturated heterocycles. The number of benzene rings is 1. The summed E-state index contributed by atoms with van der Waals surface area (Å²) in [5.41, 5.74) is 4.40. The van der Waals surface area contributed by atoms with Crippen LogP contribution >= 0.6 is 11.6 Å². The fourth-order valence-corrected chi connectivity index (χ4v) is 4.51. The van der Waals surface area contributed by atoms with E-state index >= 15 is 0 Å². The van der Waals surface area contributed by atoms with Gasteiger partial charge in [-0.1, -0.05) is 23.7 Å². The number of amides is 1. The van der Waals surface area contributed by atoms with Gasteiger partial charge in [-0.05, 0) is 55.0 Å². The van der Waals surface area contributed by atoms with Crippen LogP contribution in [0.15, 0.2) is 36.5 Å². The van der Waals surface area contributed by atoms with Gasteiger partial charge in [0.1, 0.15) is 6.54 Å². The third kappa shape index (κ3) is 3.94. The summed E-state index contributed by atoms with van der Waals surface area (Å²) in [5.74, 6) is 0.750. The predicted molar refractivity (Wildman–Crippen MR) is 118 cm³/mol. The van der Waals surface area contributed by atoms with Crippen LogP contribution in [0.2, 0.25) is 5.02 Å². The van der Waals surface area contributed by atoms with Gasteiger partial charge in [0.25, 0.3) is 0 Å². The molecule has 1 aliphatic carbocycles. The van der Waals surface area contributed by atoms with Crippen LogP contribution in [-0.4, -0.2) is 56.7 Å². The number of carbonyl (C=O) groups is 1. The van der Waals surface area contributed by atoms with Gasteiger partial charge in [0, 0.05) is 49.3 Å². The highest BCUT2D eigenvalue weighted by Crippen LogP contribution is 2.43. The average molecular weight is 424 g/mol. The van der Waals surface area contributed by atoms with Gasteiger partial charge in [0.15, 0.2) is 5.65 Å². The molecule has 3 aromatic rings. The predicted octanol–water partition coefficient (Wildman–Crippen LogP) is 3.61. The number of fused-ring (bicyclic) bond motifs is 1.